The highest BCUT2D eigenvalue weighted by Crippen LogP contribution is 2.34. The quantitative estimate of drug-likeness (QED) is 0.755. The number of amides is 2. The zero-order chi connectivity index (χ0) is 17.2. The Hall–Kier alpha value is -2.80. The second kappa shape index (κ2) is 6.60. The van der Waals surface area contributed by atoms with Crippen molar-refractivity contribution in [3.8, 4) is 0 Å². The van der Waals surface area contributed by atoms with Gasteiger partial charge in [-0.25, -0.2) is 4.98 Å². The zero-order valence-electron chi connectivity index (χ0n) is 13.4. The Kier molecular flexibility index (Phi) is 4.15. The molecule has 4 rings (SSSR count). The number of thioether (sulfide) groups is 1. The minimum atomic E-state index is -0.212. The van der Waals surface area contributed by atoms with E-state index >= 15 is 0 Å². The van der Waals surface area contributed by atoms with Crippen LogP contribution in [0, 0.1) is 0 Å². The zero-order valence-corrected chi connectivity index (χ0v) is 14.2. The summed E-state index contributed by atoms with van der Waals surface area (Å²) in [6, 6.07) is 15.3. The van der Waals surface area contributed by atoms with E-state index < -0.39 is 0 Å². The highest BCUT2D eigenvalue weighted by atomic mass is 32.2. The lowest BCUT2D eigenvalue weighted by Gasteiger charge is -2.28. The van der Waals surface area contributed by atoms with E-state index in [1.54, 1.807) is 4.90 Å². The van der Waals surface area contributed by atoms with E-state index in [9.17, 15) is 9.59 Å². The number of aromatic nitrogens is 2. The van der Waals surface area contributed by atoms with Gasteiger partial charge in [-0.1, -0.05) is 24.3 Å². The van der Waals surface area contributed by atoms with Crippen molar-refractivity contribution in [1.82, 2.24) is 15.3 Å². The van der Waals surface area contributed by atoms with Crippen LogP contribution < -0.4 is 10.2 Å². The Morgan fingerprint density at radius 3 is 2.88 bits per heavy atom. The van der Waals surface area contributed by atoms with Crippen molar-refractivity contribution in [2.75, 3.05) is 17.2 Å². The number of H-pyrrole nitrogens is 1. The smallest absolute Gasteiger partial charge is 0.240 e. The lowest BCUT2D eigenvalue weighted by Crippen LogP contribution is -2.43. The average molecular weight is 352 g/mol. The van der Waals surface area contributed by atoms with Crippen LogP contribution in [-0.4, -0.2) is 34.1 Å². The summed E-state index contributed by atoms with van der Waals surface area (Å²) in [5.74, 6) is 0.780. The fraction of sp³-hybridized carbons (Fsp3) is 0.167. The number of nitrogens with zero attached hydrogens (tertiary/aromatic N) is 2. The number of hydrogen-bond acceptors (Lipinski definition) is 4. The van der Waals surface area contributed by atoms with Crippen LogP contribution in [0.1, 0.15) is 5.82 Å². The molecular formula is C18H16N4O2S. The maximum atomic E-state index is 12.3. The van der Waals surface area contributed by atoms with E-state index in [2.05, 4.69) is 15.3 Å². The molecule has 0 spiro atoms. The van der Waals surface area contributed by atoms with Crippen LogP contribution in [0.3, 0.4) is 0 Å². The molecule has 0 saturated heterocycles. The van der Waals surface area contributed by atoms with Crippen LogP contribution in [0.15, 0.2) is 53.4 Å². The van der Waals surface area contributed by atoms with Gasteiger partial charge in [0.25, 0.3) is 0 Å². The molecule has 0 radical (unpaired) electrons. The molecule has 2 amide bonds. The molecule has 0 aliphatic carbocycles. The first-order valence-electron chi connectivity index (χ1n) is 7.93. The van der Waals surface area contributed by atoms with Gasteiger partial charge in [0.05, 0.1) is 29.0 Å². The number of aromatic amines is 1. The van der Waals surface area contributed by atoms with E-state index in [0.29, 0.717) is 18.1 Å². The van der Waals surface area contributed by atoms with Crippen LogP contribution in [0.5, 0.6) is 0 Å². The molecule has 1 aliphatic rings. The SMILES string of the molecule is O=C(CN1C(=O)CSc2ccccc21)NCc1nc2ccccc2[nH]1. The number of nitrogens with one attached hydrogen (secondary N) is 2. The molecule has 1 aliphatic heterocycles. The Bertz CT molecular complexity index is 920. The first kappa shape index (κ1) is 15.7. The topological polar surface area (TPSA) is 78.1 Å². The number of rotatable bonds is 4. The van der Waals surface area contributed by atoms with Gasteiger partial charge in [-0.05, 0) is 24.3 Å². The van der Waals surface area contributed by atoms with E-state index in [-0.39, 0.29) is 18.4 Å². The molecule has 7 heteroatoms. The third kappa shape index (κ3) is 3.23. The van der Waals surface area contributed by atoms with Crippen molar-refractivity contribution in [1.29, 1.82) is 0 Å². The first-order chi connectivity index (χ1) is 12.2. The number of anilines is 1. The molecular weight excluding hydrogens is 336 g/mol. The maximum absolute atomic E-state index is 12.3. The van der Waals surface area contributed by atoms with Crippen molar-refractivity contribution >= 4 is 40.3 Å². The second-order valence-corrected chi connectivity index (χ2v) is 6.73. The minimum absolute atomic E-state index is 0.0106. The largest absolute Gasteiger partial charge is 0.347 e. The Labute approximate surface area is 148 Å². The normalized spacial score (nSPS) is 13.8. The molecule has 0 bridgehead atoms. The van der Waals surface area contributed by atoms with E-state index in [0.717, 1.165) is 21.6 Å². The number of carbonyl (C=O) groups is 2. The average Bonchev–Trinajstić information content (AvgIpc) is 3.05. The number of fused-ring (bicyclic) bond motifs is 2. The number of hydrogen-bond donors (Lipinski definition) is 2. The molecule has 2 aromatic carbocycles. The molecule has 0 fully saturated rings. The van der Waals surface area contributed by atoms with Gasteiger partial charge in [0.1, 0.15) is 12.4 Å². The van der Waals surface area contributed by atoms with Crippen molar-refractivity contribution in [2.24, 2.45) is 0 Å². The summed E-state index contributed by atoms with van der Waals surface area (Å²) >= 11 is 1.50. The summed E-state index contributed by atoms with van der Waals surface area (Å²) in [5, 5.41) is 2.83. The summed E-state index contributed by atoms with van der Waals surface area (Å²) in [6.45, 7) is 0.308. The van der Waals surface area contributed by atoms with Crippen LogP contribution in [0.25, 0.3) is 11.0 Å². The predicted molar refractivity (Wildman–Crippen MR) is 97.5 cm³/mol. The van der Waals surface area contributed by atoms with Crippen molar-refractivity contribution in [3.05, 3.63) is 54.4 Å². The first-order valence-corrected chi connectivity index (χ1v) is 8.92. The van der Waals surface area contributed by atoms with E-state index in [1.165, 1.54) is 11.8 Å². The van der Waals surface area contributed by atoms with E-state index in [4.69, 9.17) is 0 Å². The molecule has 2 N–H and O–H groups in total. The fourth-order valence-electron chi connectivity index (χ4n) is 2.80. The molecule has 6 nitrogen and oxygen atoms in total. The molecule has 1 aromatic heterocycles. The van der Waals surface area contributed by atoms with Crippen LogP contribution in [0.2, 0.25) is 0 Å². The number of para-hydroxylation sites is 3. The van der Waals surface area contributed by atoms with Gasteiger partial charge >= 0.3 is 0 Å². The Morgan fingerprint density at radius 2 is 2.00 bits per heavy atom. The van der Waals surface area contributed by atoms with Crippen molar-refractivity contribution in [2.45, 2.75) is 11.4 Å². The van der Waals surface area contributed by atoms with Gasteiger partial charge in [0.2, 0.25) is 11.8 Å². The number of imidazole rings is 1. The molecule has 2 heterocycles. The summed E-state index contributed by atoms with van der Waals surface area (Å²) < 4.78 is 0. The summed E-state index contributed by atoms with van der Waals surface area (Å²) in [5.41, 5.74) is 2.59. The van der Waals surface area contributed by atoms with Gasteiger partial charge in [0.15, 0.2) is 0 Å². The summed E-state index contributed by atoms with van der Waals surface area (Å²) in [4.78, 5) is 34.7. The van der Waals surface area contributed by atoms with Gasteiger partial charge in [0, 0.05) is 4.90 Å². The van der Waals surface area contributed by atoms with Gasteiger partial charge in [-0.3, -0.25) is 9.59 Å². The molecule has 126 valence electrons. The third-order valence-corrected chi connectivity index (χ3v) is 5.05. The van der Waals surface area contributed by atoms with Crippen molar-refractivity contribution < 1.29 is 9.59 Å². The molecule has 25 heavy (non-hydrogen) atoms. The highest BCUT2D eigenvalue weighted by molar-refractivity contribution is 8.00. The van der Waals surface area contributed by atoms with Crippen LogP contribution >= 0.6 is 11.8 Å². The Balaban J connectivity index is 1.43. The second-order valence-electron chi connectivity index (χ2n) is 5.71. The third-order valence-electron chi connectivity index (χ3n) is 4.00. The lowest BCUT2D eigenvalue weighted by atomic mass is 10.2. The number of carbonyl (C=O) groups excluding carboxylic acids is 2. The fourth-order valence-corrected chi connectivity index (χ4v) is 3.73. The monoisotopic (exact) mass is 352 g/mol. The maximum Gasteiger partial charge on any atom is 0.240 e. The molecule has 3 aromatic rings. The van der Waals surface area contributed by atoms with E-state index in [1.807, 2.05) is 48.5 Å². The molecule has 0 unspecified atom stereocenters. The number of benzene rings is 2. The van der Waals surface area contributed by atoms with Crippen LogP contribution in [-0.2, 0) is 16.1 Å². The molecule has 0 saturated carbocycles. The minimum Gasteiger partial charge on any atom is -0.347 e. The van der Waals surface area contributed by atoms with Gasteiger partial charge in [-0.2, -0.15) is 0 Å². The van der Waals surface area contributed by atoms with Crippen molar-refractivity contribution in [3.63, 3.8) is 0 Å². The molecule has 0 atom stereocenters. The summed E-state index contributed by atoms with van der Waals surface area (Å²) in [6.07, 6.45) is 0. The summed E-state index contributed by atoms with van der Waals surface area (Å²) in [7, 11) is 0. The lowest BCUT2D eigenvalue weighted by molar-refractivity contribution is -0.123. The van der Waals surface area contributed by atoms with Crippen LogP contribution in [0.4, 0.5) is 5.69 Å². The highest BCUT2D eigenvalue weighted by Gasteiger charge is 2.26. The van der Waals surface area contributed by atoms with Gasteiger partial charge in [-0.15, -0.1) is 11.8 Å². The predicted octanol–water partition coefficient (Wildman–Crippen LogP) is 2.32. The standard InChI is InChI=1S/C18H16N4O2S/c23-17(19-9-16-20-12-5-1-2-6-13(12)21-16)10-22-14-7-3-4-8-15(14)25-11-18(22)24/h1-8H,9-11H2,(H,19,23)(H,20,21). The van der Waals surface area contributed by atoms with Gasteiger partial charge < -0.3 is 15.2 Å². The Morgan fingerprint density at radius 1 is 1.20 bits per heavy atom.